The second kappa shape index (κ2) is 6.58. The summed E-state index contributed by atoms with van der Waals surface area (Å²) in [5.41, 5.74) is 2.24. The second-order valence-electron chi connectivity index (χ2n) is 8.12. The van der Waals surface area contributed by atoms with Gasteiger partial charge in [-0.3, -0.25) is 9.59 Å². The maximum Gasteiger partial charge on any atom is 0.227 e. The normalized spacial score (nSPS) is 21.4. The summed E-state index contributed by atoms with van der Waals surface area (Å²) < 4.78 is 0. The highest BCUT2D eigenvalue weighted by Gasteiger charge is 2.35. The molecule has 3 rings (SSSR count). The zero-order valence-corrected chi connectivity index (χ0v) is 15.0. The lowest BCUT2D eigenvalue weighted by molar-refractivity contribution is -0.145. The van der Waals surface area contributed by atoms with Crippen LogP contribution in [0.2, 0.25) is 0 Å². The Morgan fingerprint density at radius 1 is 1.04 bits per heavy atom. The third kappa shape index (κ3) is 3.47. The van der Waals surface area contributed by atoms with Crippen molar-refractivity contribution in [1.29, 1.82) is 0 Å². The maximum atomic E-state index is 13.0. The molecule has 0 radical (unpaired) electrons. The number of nitrogens with zero attached hydrogens (tertiary/aromatic N) is 2. The second-order valence-corrected chi connectivity index (χ2v) is 8.12. The molecule has 0 aromatic heterocycles. The van der Waals surface area contributed by atoms with Crippen LogP contribution in [0.5, 0.6) is 0 Å². The fourth-order valence-electron chi connectivity index (χ4n) is 3.78. The molecule has 1 saturated heterocycles. The van der Waals surface area contributed by atoms with Gasteiger partial charge in [0.1, 0.15) is 0 Å². The molecule has 0 bridgehead atoms. The molecule has 0 aliphatic carbocycles. The minimum Gasteiger partial charge on any atom is -0.341 e. The Morgan fingerprint density at radius 3 is 2.46 bits per heavy atom. The molecular weight excluding hydrogens is 300 g/mol. The molecular formula is C20H28N2O2. The van der Waals surface area contributed by atoms with E-state index in [4.69, 9.17) is 0 Å². The summed E-state index contributed by atoms with van der Waals surface area (Å²) in [5, 5.41) is 0. The van der Waals surface area contributed by atoms with Gasteiger partial charge in [0.15, 0.2) is 0 Å². The van der Waals surface area contributed by atoms with Gasteiger partial charge in [0, 0.05) is 31.6 Å². The SMILES string of the molecule is CC(C)(C)C(=O)N1CCCC(C(=O)N2CCc3ccccc3C2)C1. The van der Waals surface area contributed by atoms with Crippen molar-refractivity contribution >= 4 is 11.8 Å². The molecule has 2 amide bonds. The zero-order valence-electron chi connectivity index (χ0n) is 15.0. The smallest absolute Gasteiger partial charge is 0.227 e. The first-order chi connectivity index (χ1) is 11.4. The molecule has 24 heavy (non-hydrogen) atoms. The van der Waals surface area contributed by atoms with Gasteiger partial charge in [0.25, 0.3) is 0 Å². The van der Waals surface area contributed by atoms with Gasteiger partial charge in [-0.2, -0.15) is 0 Å². The van der Waals surface area contributed by atoms with Gasteiger partial charge < -0.3 is 9.80 Å². The Bertz CT molecular complexity index is 633. The van der Waals surface area contributed by atoms with Crippen LogP contribution in [0.3, 0.4) is 0 Å². The number of rotatable bonds is 1. The van der Waals surface area contributed by atoms with Crippen molar-refractivity contribution in [3.8, 4) is 0 Å². The van der Waals surface area contributed by atoms with E-state index in [0.717, 1.165) is 32.4 Å². The third-order valence-electron chi connectivity index (χ3n) is 5.14. The molecule has 1 unspecified atom stereocenters. The summed E-state index contributed by atoms with van der Waals surface area (Å²) in [6, 6.07) is 8.37. The average Bonchev–Trinajstić information content (AvgIpc) is 2.59. The minimum atomic E-state index is -0.380. The van der Waals surface area contributed by atoms with E-state index >= 15 is 0 Å². The van der Waals surface area contributed by atoms with E-state index in [1.165, 1.54) is 11.1 Å². The van der Waals surface area contributed by atoms with Gasteiger partial charge in [-0.15, -0.1) is 0 Å². The van der Waals surface area contributed by atoms with Crippen LogP contribution in [0, 0.1) is 11.3 Å². The van der Waals surface area contributed by atoms with Gasteiger partial charge in [0.2, 0.25) is 11.8 Å². The fourth-order valence-corrected chi connectivity index (χ4v) is 3.78. The van der Waals surface area contributed by atoms with Crippen molar-refractivity contribution in [2.45, 2.75) is 46.6 Å². The summed E-state index contributed by atoms with van der Waals surface area (Å²) >= 11 is 0. The number of hydrogen-bond acceptors (Lipinski definition) is 2. The number of amides is 2. The topological polar surface area (TPSA) is 40.6 Å². The predicted octanol–water partition coefficient (Wildman–Crippen LogP) is 2.86. The fraction of sp³-hybridized carbons (Fsp3) is 0.600. The summed E-state index contributed by atoms with van der Waals surface area (Å²) in [6.45, 7) is 8.70. The monoisotopic (exact) mass is 328 g/mol. The molecule has 0 spiro atoms. The lowest BCUT2D eigenvalue weighted by Crippen LogP contribution is -2.50. The first-order valence-corrected chi connectivity index (χ1v) is 9.01. The van der Waals surface area contributed by atoms with Crippen LogP contribution < -0.4 is 0 Å². The lowest BCUT2D eigenvalue weighted by Gasteiger charge is -2.38. The summed E-state index contributed by atoms with van der Waals surface area (Å²) in [6.07, 6.45) is 2.74. The summed E-state index contributed by atoms with van der Waals surface area (Å²) in [7, 11) is 0. The first kappa shape index (κ1) is 17.0. The summed E-state index contributed by atoms with van der Waals surface area (Å²) in [5.74, 6) is 0.329. The van der Waals surface area contributed by atoms with Crippen LogP contribution in [0.25, 0.3) is 0 Å². The highest BCUT2D eigenvalue weighted by atomic mass is 16.2. The number of benzene rings is 1. The zero-order chi connectivity index (χ0) is 17.3. The van der Waals surface area contributed by atoms with E-state index in [1.54, 1.807) is 0 Å². The van der Waals surface area contributed by atoms with E-state index in [2.05, 4.69) is 18.2 Å². The van der Waals surface area contributed by atoms with Gasteiger partial charge in [-0.25, -0.2) is 0 Å². The van der Waals surface area contributed by atoms with E-state index in [1.807, 2.05) is 36.6 Å². The molecule has 4 heteroatoms. The van der Waals surface area contributed by atoms with Crippen molar-refractivity contribution in [2.24, 2.45) is 11.3 Å². The minimum absolute atomic E-state index is 0.0460. The molecule has 1 fully saturated rings. The maximum absolute atomic E-state index is 13.0. The molecule has 0 N–H and O–H groups in total. The van der Waals surface area contributed by atoms with E-state index in [-0.39, 0.29) is 23.1 Å². The van der Waals surface area contributed by atoms with Gasteiger partial charge in [-0.05, 0) is 30.4 Å². The molecule has 1 aromatic rings. The van der Waals surface area contributed by atoms with Crippen molar-refractivity contribution in [3.05, 3.63) is 35.4 Å². The van der Waals surface area contributed by atoms with Crippen LogP contribution in [-0.4, -0.2) is 41.2 Å². The molecule has 2 heterocycles. The molecule has 2 aliphatic rings. The molecule has 2 aliphatic heterocycles. The predicted molar refractivity (Wildman–Crippen MR) is 94.3 cm³/mol. The Balaban J connectivity index is 1.66. The Morgan fingerprint density at radius 2 is 1.75 bits per heavy atom. The van der Waals surface area contributed by atoms with Gasteiger partial charge >= 0.3 is 0 Å². The molecule has 130 valence electrons. The Hall–Kier alpha value is -1.84. The molecule has 4 nitrogen and oxygen atoms in total. The number of carbonyl (C=O) groups is 2. The van der Waals surface area contributed by atoms with Crippen molar-refractivity contribution in [1.82, 2.24) is 9.80 Å². The van der Waals surface area contributed by atoms with Crippen molar-refractivity contribution in [3.63, 3.8) is 0 Å². The van der Waals surface area contributed by atoms with E-state index in [9.17, 15) is 9.59 Å². The highest BCUT2D eigenvalue weighted by molar-refractivity contribution is 5.84. The number of carbonyl (C=O) groups excluding carboxylic acids is 2. The quantitative estimate of drug-likeness (QED) is 0.795. The highest BCUT2D eigenvalue weighted by Crippen LogP contribution is 2.26. The van der Waals surface area contributed by atoms with Crippen LogP contribution in [-0.2, 0) is 22.6 Å². The van der Waals surface area contributed by atoms with E-state index < -0.39 is 0 Å². The Labute approximate surface area is 144 Å². The van der Waals surface area contributed by atoms with Crippen molar-refractivity contribution in [2.75, 3.05) is 19.6 Å². The average molecular weight is 328 g/mol. The van der Waals surface area contributed by atoms with Gasteiger partial charge in [-0.1, -0.05) is 45.0 Å². The number of likely N-dealkylation sites (tertiary alicyclic amines) is 1. The number of hydrogen-bond donors (Lipinski definition) is 0. The van der Waals surface area contributed by atoms with Crippen LogP contribution in [0.15, 0.2) is 24.3 Å². The molecule has 1 atom stereocenters. The van der Waals surface area contributed by atoms with Crippen LogP contribution in [0.1, 0.15) is 44.7 Å². The first-order valence-electron chi connectivity index (χ1n) is 9.01. The summed E-state index contributed by atoms with van der Waals surface area (Å²) in [4.78, 5) is 29.4. The van der Waals surface area contributed by atoms with E-state index in [0.29, 0.717) is 13.1 Å². The van der Waals surface area contributed by atoms with Gasteiger partial charge in [0.05, 0.1) is 5.92 Å². The van der Waals surface area contributed by atoms with Crippen LogP contribution >= 0.6 is 0 Å². The van der Waals surface area contributed by atoms with Crippen molar-refractivity contribution < 1.29 is 9.59 Å². The molecule has 1 aromatic carbocycles. The molecule has 0 saturated carbocycles. The number of piperidine rings is 1. The lowest BCUT2D eigenvalue weighted by atomic mass is 9.90. The largest absolute Gasteiger partial charge is 0.341 e. The number of fused-ring (bicyclic) bond motifs is 1. The Kier molecular flexibility index (Phi) is 4.66. The third-order valence-corrected chi connectivity index (χ3v) is 5.14. The standard InChI is InChI=1S/C20H28N2O2/c1-20(2,3)19(24)22-11-6-9-17(14-22)18(23)21-12-10-15-7-4-5-8-16(15)13-21/h4-5,7-8,17H,6,9-14H2,1-3H3. The van der Waals surface area contributed by atoms with Crippen LogP contribution in [0.4, 0.5) is 0 Å².